The number of nitrogens with one attached hydrogen (secondary N) is 1. The fraction of sp³-hybridized carbons (Fsp3) is 0.450. The molecule has 1 aliphatic heterocycles. The van der Waals surface area contributed by atoms with Crippen molar-refractivity contribution in [3.8, 4) is 0 Å². The molecule has 4 rings (SSSR count). The third-order valence-corrected chi connectivity index (χ3v) is 4.93. The van der Waals surface area contributed by atoms with Crippen molar-refractivity contribution < 1.29 is 0 Å². The minimum atomic E-state index is -0.0563. The number of aromatic nitrogens is 4. The van der Waals surface area contributed by atoms with E-state index in [0.717, 1.165) is 49.9 Å². The van der Waals surface area contributed by atoms with E-state index in [0.29, 0.717) is 0 Å². The van der Waals surface area contributed by atoms with Crippen LogP contribution in [0.5, 0.6) is 0 Å². The molecular formula is C20H26N6. The molecule has 0 saturated carbocycles. The molecule has 0 fully saturated rings. The van der Waals surface area contributed by atoms with E-state index in [2.05, 4.69) is 70.4 Å². The Kier molecular flexibility index (Phi) is 4.36. The van der Waals surface area contributed by atoms with Gasteiger partial charge in [-0.3, -0.25) is 9.30 Å². The van der Waals surface area contributed by atoms with Crippen molar-refractivity contribution in [1.82, 2.24) is 24.5 Å². The van der Waals surface area contributed by atoms with Gasteiger partial charge in [0.25, 0.3) is 0 Å². The molecule has 3 heterocycles. The van der Waals surface area contributed by atoms with Gasteiger partial charge in [0.2, 0.25) is 5.65 Å². The first kappa shape index (κ1) is 17.0. The minimum absolute atomic E-state index is 0.0563. The monoisotopic (exact) mass is 350 g/mol. The first-order valence-corrected chi connectivity index (χ1v) is 9.25. The van der Waals surface area contributed by atoms with E-state index >= 15 is 0 Å². The van der Waals surface area contributed by atoms with Gasteiger partial charge >= 0.3 is 0 Å². The lowest BCUT2D eigenvalue weighted by atomic mass is 9.96. The largest absolute Gasteiger partial charge is 0.366 e. The molecule has 0 unspecified atom stereocenters. The summed E-state index contributed by atoms with van der Waals surface area (Å²) < 4.78 is 2.03. The average molecular weight is 350 g/mol. The van der Waals surface area contributed by atoms with Gasteiger partial charge in [-0.2, -0.15) is 0 Å². The normalized spacial score (nSPS) is 15.2. The van der Waals surface area contributed by atoms with Crippen molar-refractivity contribution in [2.75, 3.05) is 25.0 Å². The van der Waals surface area contributed by atoms with Crippen molar-refractivity contribution in [3.05, 3.63) is 53.6 Å². The summed E-state index contributed by atoms with van der Waals surface area (Å²) in [5.41, 5.74) is 3.67. The van der Waals surface area contributed by atoms with Gasteiger partial charge in [0.1, 0.15) is 5.82 Å². The van der Waals surface area contributed by atoms with Crippen LogP contribution in [0, 0.1) is 0 Å². The second kappa shape index (κ2) is 6.68. The predicted molar refractivity (Wildman–Crippen MR) is 103 cm³/mol. The zero-order valence-corrected chi connectivity index (χ0v) is 15.7. The van der Waals surface area contributed by atoms with Crippen LogP contribution in [-0.2, 0) is 18.4 Å². The van der Waals surface area contributed by atoms with E-state index < -0.39 is 0 Å². The summed E-state index contributed by atoms with van der Waals surface area (Å²) in [4.78, 5) is 6.95. The van der Waals surface area contributed by atoms with E-state index in [1.54, 1.807) is 0 Å². The molecule has 0 atom stereocenters. The molecule has 1 N–H and O–H groups in total. The molecule has 2 aromatic heterocycles. The lowest BCUT2D eigenvalue weighted by molar-refractivity contribution is 0.264. The van der Waals surface area contributed by atoms with Crippen LogP contribution in [0.3, 0.4) is 0 Å². The Bertz CT molecular complexity index is 908. The highest BCUT2D eigenvalue weighted by Gasteiger charge is 2.22. The van der Waals surface area contributed by atoms with Crippen LogP contribution in [-0.4, -0.2) is 44.1 Å². The number of benzene rings is 1. The minimum Gasteiger partial charge on any atom is -0.366 e. The summed E-state index contributed by atoms with van der Waals surface area (Å²) in [6.07, 6.45) is 4.87. The maximum atomic E-state index is 4.47. The first-order valence-electron chi connectivity index (χ1n) is 9.25. The van der Waals surface area contributed by atoms with Gasteiger partial charge in [0.15, 0.2) is 5.82 Å². The number of fused-ring (bicyclic) bond motifs is 2. The molecule has 0 aliphatic carbocycles. The molecule has 6 nitrogen and oxygen atoms in total. The van der Waals surface area contributed by atoms with E-state index in [4.69, 9.17) is 0 Å². The van der Waals surface area contributed by atoms with Crippen LogP contribution in [0.4, 0.5) is 5.82 Å². The average Bonchev–Trinajstić information content (AvgIpc) is 3.07. The molecule has 0 spiro atoms. The lowest BCUT2D eigenvalue weighted by Crippen LogP contribution is -2.34. The Labute approximate surface area is 154 Å². The van der Waals surface area contributed by atoms with Crippen molar-refractivity contribution in [3.63, 3.8) is 0 Å². The fourth-order valence-corrected chi connectivity index (χ4v) is 3.54. The third kappa shape index (κ3) is 3.29. The smallest absolute Gasteiger partial charge is 0.203 e. The molecule has 3 aromatic rings. The SMILES string of the molecule is CC(C)(C)c1nnc2c(NCCN3CCc4ccccc4C3)nccn12. The molecule has 26 heavy (non-hydrogen) atoms. The number of hydrogen-bond acceptors (Lipinski definition) is 5. The first-order chi connectivity index (χ1) is 12.5. The van der Waals surface area contributed by atoms with Crippen LogP contribution in [0.15, 0.2) is 36.7 Å². The quantitative estimate of drug-likeness (QED) is 0.784. The van der Waals surface area contributed by atoms with Crippen LogP contribution in [0.2, 0.25) is 0 Å². The molecule has 1 aliphatic rings. The topological polar surface area (TPSA) is 58.4 Å². The lowest BCUT2D eigenvalue weighted by Gasteiger charge is -2.28. The molecule has 0 amide bonds. The molecule has 0 bridgehead atoms. The number of anilines is 1. The summed E-state index contributed by atoms with van der Waals surface area (Å²) in [5, 5.41) is 12.2. The second-order valence-corrected chi connectivity index (χ2v) is 7.96. The maximum absolute atomic E-state index is 4.47. The van der Waals surface area contributed by atoms with Gasteiger partial charge in [-0.05, 0) is 17.5 Å². The van der Waals surface area contributed by atoms with Gasteiger partial charge in [0, 0.05) is 44.0 Å². The third-order valence-electron chi connectivity index (χ3n) is 4.93. The van der Waals surface area contributed by atoms with Gasteiger partial charge in [-0.25, -0.2) is 4.98 Å². The Morgan fingerprint density at radius 3 is 2.73 bits per heavy atom. The second-order valence-electron chi connectivity index (χ2n) is 7.96. The number of nitrogens with zero attached hydrogens (tertiary/aromatic N) is 5. The summed E-state index contributed by atoms with van der Waals surface area (Å²) in [5.74, 6) is 1.75. The molecule has 136 valence electrons. The van der Waals surface area contributed by atoms with Crippen LogP contribution in [0.1, 0.15) is 37.7 Å². The van der Waals surface area contributed by atoms with Gasteiger partial charge in [0.05, 0.1) is 0 Å². The van der Waals surface area contributed by atoms with E-state index in [1.807, 2.05) is 16.8 Å². The van der Waals surface area contributed by atoms with Gasteiger partial charge in [-0.15, -0.1) is 10.2 Å². The van der Waals surface area contributed by atoms with Crippen LogP contribution in [0.25, 0.3) is 5.65 Å². The van der Waals surface area contributed by atoms with Crippen LogP contribution < -0.4 is 5.32 Å². The van der Waals surface area contributed by atoms with Crippen molar-refractivity contribution >= 4 is 11.5 Å². The predicted octanol–water partition coefficient (Wildman–Crippen LogP) is 2.89. The van der Waals surface area contributed by atoms with E-state index in [9.17, 15) is 0 Å². The highest BCUT2D eigenvalue weighted by atomic mass is 15.3. The Balaban J connectivity index is 1.42. The maximum Gasteiger partial charge on any atom is 0.203 e. The standard InChI is InChI=1S/C20H26N6/c1-20(2,3)19-24-23-18-17(22-10-13-26(18)19)21-9-12-25-11-8-15-6-4-5-7-16(15)14-25/h4-7,10,13H,8-9,11-12,14H2,1-3H3,(H,21,22). The van der Waals surface area contributed by atoms with Crippen molar-refractivity contribution in [1.29, 1.82) is 0 Å². The number of hydrogen-bond donors (Lipinski definition) is 1. The van der Waals surface area contributed by atoms with E-state index in [1.165, 1.54) is 11.1 Å². The van der Waals surface area contributed by atoms with Crippen molar-refractivity contribution in [2.24, 2.45) is 0 Å². The fourth-order valence-electron chi connectivity index (χ4n) is 3.54. The highest BCUT2D eigenvalue weighted by Crippen LogP contribution is 2.23. The number of rotatable bonds is 4. The van der Waals surface area contributed by atoms with Crippen LogP contribution >= 0.6 is 0 Å². The molecular weight excluding hydrogens is 324 g/mol. The molecule has 6 heteroatoms. The Morgan fingerprint density at radius 1 is 1.12 bits per heavy atom. The van der Waals surface area contributed by atoms with Gasteiger partial charge < -0.3 is 5.32 Å². The molecule has 1 aromatic carbocycles. The van der Waals surface area contributed by atoms with E-state index in [-0.39, 0.29) is 5.41 Å². The Morgan fingerprint density at radius 2 is 1.92 bits per heavy atom. The van der Waals surface area contributed by atoms with Gasteiger partial charge in [-0.1, -0.05) is 45.0 Å². The Hall–Kier alpha value is -2.47. The summed E-state index contributed by atoms with van der Waals surface area (Å²) in [6, 6.07) is 8.74. The summed E-state index contributed by atoms with van der Waals surface area (Å²) >= 11 is 0. The summed E-state index contributed by atoms with van der Waals surface area (Å²) in [7, 11) is 0. The zero-order chi connectivity index (χ0) is 18.1. The highest BCUT2D eigenvalue weighted by molar-refractivity contribution is 5.62. The molecule has 0 saturated heterocycles. The summed E-state index contributed by atoms with van der Waals surface area (Å²) in [6.45, 7) is 10.4. The van der Waals surface area contributed by atoms with Crippen molar-refractivity contribution in [2.45, 2.75) is 39.2 Å². The zero-order valence-electron chi connectivity index (χ0n) is 15.7. The molecule has 0 radical (unpaired) electrons.